The quantitative estimate of drug-likeness (QED) is 0.439. The Kier molecular flexibility index (Phi) is 6.81. The summed E-state index contributed by atoms with van der Waals surface area (Å²) in [6.45, 7) is 2.80. The number of aromatic nitrogens is 2. The van der Waals surface area contributed by atoms with Gasteiger partial charge in [-0.05, 0) is 53.4 Å². The van der Waals surface area contributed by atoms with Crippen molar-refractivity contribution in [2.75, 3.05) is 0 Å². The monoisotopic (exact) mass is 436 g/mol. The highest BCUT2D eigenvalue weighted by Crippen LogP contribution is 2.24. The number of rotatable bonds is 8. The van der Waals surface area contributed by atoms with Gasteiger partial charge in [0, 0.05) is 18.9 Å². The van der Waals surface area contributed by atoms with Gasteiger partial charge in [0.05, 0.1) is 18.2 Å². The fraction of sp³-hybridized carbons (Fsp3) is 0.148. The summed E-state index contributed by atoms with van der Waals surface area (Å²) in [5.41, 5.74) is 4.83. The van der Waals surface area contributed by atoms with Crippen molar-refractivity contribution < 1.29 is 9.53 Å². The summed E-state index contributed by atoms with van der Waals surface area (Å²) in [4.78, 5) is 12.6. The van der Waals surface area contributed by atoms with Gasteiger partial charge in [-0.15, -0.1) is 0 Å². The molecule has 0 aliphatic carbocycles. The van der Waals surface area contributed by atoms with Crippen LogP contribution in [0, 0.1) is 11.3 Å². The fourth-order valence-electron chi connectivity index (χ4n) is 3.55. The molecule has 1 atom stereocenters. The van der Waals surface area contributed by atoms with Gasteiger partial charge < -0.3 is 10.1 Å². The van der Waals surface area contributed by atoms with E-state index in [0.717, 1.165) is 23.2 Å². The molecule has 0 bridgehead atoms. The molecular weight excluding hydrogens is 412 g/mol. The Bertz CT molecular complexity index is 1260. The van der Waals surface area contributed by atoms with Crippen LogP contribution in [0.2, 0.25) is 0 Å². The minimum absolute atomic E-state index is 0.221. The number of nitrogens with one attached hydrogen (secondary N) is 1. The third kappa shape index (κ3) is 5.66. The van der Waals surface area contributed by atoms with Crippen molar-refractivity contribution in [1.29, 1.82) is 5.26 Å². The highest BCUT2D eigenvalue weighted by molar-refractivity contribution is 5.81. The van der Waals surface area contributed by atoms with Crippen LogP contribution >= 0.6 is 0 Å². The van der Waals surface area contributed by atoms with Crippen LogP contribution in [0.3, 0.4) is 0 Å². The molecule has 4 aromatic rings. The number of hydrogen-bond donors (Lipinski definition) is 1. The lowest BCUT2D eigenvalue weighted by atomic mass is 9.98. The molecule has 0 saturated heterocycles. The molecule has 33 heavy (non-hydrogen) atoms. The van der Waals surface area contributed by atoms with Crippen LogP contribution in [-0.2, 0) is 17.9 Å². The average molecular weight is 437 g/mol. The second-order valence-electron chi connectivity index (χ2n) is 7.68. The largest absolute Gasteiger partial charge is 0.481 e. The Morgan fingerprint density at radius 2 is 1.91 bits per heavy atom. The molecule has 3 aromatic carbocycles. The van der Waals surface area contributed by atoms with Gasteiger partial charge in [0.2, 0.25) is 0 Å². The zero-order valence-electron chi connectivity index (χ0n) is 18.3. The third-order valence-electron chi connectivity index (χ3n) is 5.28. The molecule has 0 saturated carbocycles. The van der Waals surface area contributed by atoms with E-state index in [1.54, 1.807) is 37.4 Å². The Balaban J connectivity index is 1.40. The van der Waals surface area contributed by atoms with Gasteiger partial charge in [-0.3, -0.25) is 9.48 Å². The summed E-state index contributed by atoms with van der Waals surface area (Å²) in [5, 5.41) is 16.2. The molecule has 1 aromatic heterocycles. The molecule has 6 heteroatoms. The van der Waals surface area contributed by atoms with Crippen molar-refractivity contribution in [3.8, 4) is 22.9 Å². The van der Waals surface area contributed by atoms with Crippen LogP contribution in [0.4, 0.5) is 0 Å². The predicted octanol–water partition coefficient (Wildman–Crippen LogP) is 4.55. The van der Waals surface area contributed by atoms with Crippen molar-refractivity contribution >= 4 is 5.91 Å². The van der Waals surface area contributed by atoms with E-state index < -0.39 is 6.10 Å². The summed E-state index contributed by atoms with van der Waals surface area (Å²) < 4.78 is 7.60. The molecule has 0 spiro atoms. The van der Waals surface area contributed by atoms with Crippen molar-refractivity contribution in [1.82, 2.24) is 15.1 Å². The van der Waals surface area contributed by atoms with Gasteiger partial charge in [-0.25, -0.2) is 0 Å². The van der Waals surface area contributed by atoms with Crippen LogP contribution in [0.1, 0.15) is 23.6 Å². The number of benzene rings is 3. The number of carbonyl (C=O) groups excluding carboxylic acids is 1. The van der Waals surface area contributed by atoms with E-state index in [1.807, 2.05) is 35.1 Å². The molecule has 1 N–H and O–H groups in total. The topological polar surface area (TPSA) is 79.9 Å². The highest BCUT2D eigenvalue weighted by atomic mass is 16.5. The lowest BCUT2D eigenvalue weighted by Crippen LogP contribution is -2.36. The first-order valence-corrected chi connectivity index (χ1v) is 10.7. The number of ether oxygens (including phenoxy) is 1. The van der Waals surface area contributed by atoms with E-state index in [2.05, 4.69) is 46.8 Å². The number of nitrogens with zero attached hydrogens (tertiary/aromatic N) is 3. The maximum Gasteiger partial charge on any atom is 0.261 e. The Morgan fingerprint density at radius 1 is 1.09 bits per heavy atom. The molecule has 1 amide bonds. The van der Waals surface area contributed by atoms with E-state index in [-0.39, 0.29) is 5.91 Å². The molecule has 164 valence electrons. The van der Waals surface area contributed by atoms with Crippen LogP contribution in [-0.4, -0.2) is 21.8 Å². The van der Waals surface area contributed by atoms with Crippen LogP contribution < -0.4 is 10.1 Å². The molecule has 6 nitrogen and oxygen atoms in total. The number of nitriles is 1. The highest BCUT2D eigenvalue weighted by Gasteiger charge is 2.15. The van der Waals surface area contributed by atoms with Crippen molar-refractivity contribution in [2.45, 2.75) is 26.1 Å². The molecule has 1 unspecified atom stereocenters. The predicted molar refractivity (Wildman–Crippen MR) is 126 cm³/mol. The van der Waals surface area contributed by atoms with Crippen LogP contribution in [0.25, 0.3) is 11.1 Å². The van der Waals surface area contributed by atoms with Gasteiger partial charge in [0.15, 0.2) is 6.10 Å². The van der Waals surface area contributed by atoms with Crippen LogP contribution in [0.15, 0.2) is 91.3 Å². The Morgan fingerprint density at radius 3 is 2.67 bits per heavy atom. The van der Waals surface area contributed by atoms with Crippen molar-refractivity contribution in [2.24, 2.45) is 0 Å². The molecule has 1 heterocycles. The van der Waals surface area contributed by atoms with Crippen molar-refractivity contribution in [3.63, 3.8) is 0 Å². The maximum atomic E-state index is 12.6. The Hall–Kier alpha value is -4.37. The van der Waals surface area contributed by atoms with Crippen molar-refractivity contribution in [3.05, 3.63) is 108 Å². The maximum absolute atomic E-state index is 12.6. The summed E-state index contributed by atoms with van der Waals surface area (Å²) in [7, 11) is 0. The Labute approximate surface area is 193 Å². The average Bonchev–Trinajstić information content (AvgIpc) is 3.36. The third-order valence-corrected chi connectivity index (χ3v) is 5.28. The molecule has 4 rings (SSSR count). The standard InChI is InChI=1S/C27H24N4O2/c1-20(33-25-8-4-6-22(16-25)17-28)27(32)29-18-24-7-2-3-9-26(24)23-12-10-21(11-13-23)19-31-15-5-14-30-31/h2-16,20H,18-19H2,1H3,(H,29,32). The number of amides is 1. The number of carbonyl (C=O) groups is 1. The molecule has 0 fully saturated rings. The smallest absolute Gasteiger partial charge is 0.261 e. The minimum atomic E-state index is -0.687. The molecule has 0 radical (unpaired) electrons. The lowest BCUT2D eigenvalue weighted by Gasteiger charge is -2.16. The first-order valence-electron chi connectivity index (χ1n) is 10.7. The second-order valence-corrected chi connectivity index (χ2v) is 7.68. The van der Waals surface area contributed by atoms with E-state index >= 15 is 0 Å². The minimum Gasteiger partial charge on any atom is -0.481 e. The second kappa shape index (κ2) is 10.3. The summed E-state index contributed by atoms with van der Waals surface area (Å²) in [5.74, 6) is 0.272. The van der Waals surface area contributed by atoms with Gasteiger partial charge in [0.25, 0.3) is 5.91 Å². The molecule has 0 aliphatic rings. The summed E-state index contributed by atoms with van der Waals surface area (Å²) in [6.07, 6.45) is 3.03. The molecule has 0 aliphatic heterocycles. The summed E-state index contributed by atoms with van der Waals surface area (Å²) in [6, 6.07) is 27.1. The van der Waals surface area contributed by atoms with E-state index in [0.29, 0.717) is 17.9 Å². The molecular formula is C27H24N4O2. The fourth-order valence-corrected chi connectivity index (χ4v) is 3.55. The zero-order chi connectivity index (χ0) is 23.0. The first-order chi connectivity index (χ1) is 16.1. The van der Waals surface area contributed by atoms with Gasteiger partial charge >= 0.3 is 0 Å². The van der Waals surface area contributed by atoms with E-state index in [1.165, 1.54) is 5.56 Å². The van der Waals surface area contributed by atoms with E-state index in [9.17, 15) is 4.79 Å². The first kappa shape index (κ1) is 21.8. The summed E-state index contributed by atoms with van der Waals surface area (Å²) >= 11 is 0. The van der Waals surface area contributed by atoms with Gasteiger partial charge in [-0.2, -0.15) is 10.4 Å². The van der Waals surface area contributed by atoms with Gasteiger partial charge in [0.1, 0.15) is 5.75 Å². The number of hydrogen-bond acceptors (Lipinski definition) is 4. The van der Waals surface area contributed by atoms with Crippen LogP contribution in [0.5, 0.6) is 5.75 Å². The zero-order valence-corrected chi connectivity index (χ0v) is 18.3. The SMILES string of the molecule is CC(Oc1cccc(C#N)c1)C(=O)NCc1ccccc1-c1ccc(Cn2cccn2)cc1. The van der Waals surface area contributed by atoms with E-state index in [4.69, 9.17) is 10.00 Å². The lowest BCUT2D eigenvalue weighted by molar-refractivity contribution is -0.127. The van der Waals surface area contributed by atoms with Gasteiger partial charge in [-0.1, -0.05) is 54.6 Å². The normalized spacial score (nSPS) is 11.4.